The maximum Gasteiger partial charge on any atom is 0.206 e. The SMILES string of the molecule is CC(C)C(CN(C)C)NC(=NC1CCCCC1)NN. The number of nitrogens with one attached hydrogen (secondary N) is 2. The van der Waals surface area contributed by atoms with Crippen molar-refractivity contribution in [3.8, 4) is 0 Å². The average Bonchev–Trinajstić information content (AvgIpc) is 2.37. The Labute approximate surface area is 118 Å². The van der Waals surface area contributed by atoms with E-state index in [0.29, 0.717) is 18.0 Å². The first kappa shape index (κ1) is 16.2. The van der Waals surface area contributed by atoms with Crippen LogP contribution in [0.2, 0.25) is 0 Å². The molecule has 0 radical (unpaired) electrons. The minimum atomic E-state index is 0.355. The molecule has 1 aliphatic rings. The van der Waals surface area contributed by atoms with Crippen molar-refractivity contribution in [1.82, 2.24) is 15.6 Å². The van der Waals surface area contributed by atoms with Gasteiger partial charge in [-0.15, -0.1) is 0 Å². The Kier molecular flexibility index (Phi) is 7.16. The van der Waals surface area contributed by atoms with Gasteiger partial charge in [0.1, 0.15) is 0 Å². The van der Waals surface area contributed by atoms with Gasteiger partial charge in [-0.1, -0.05) is 33.1 Å². The van der Waals surface area contributed by atoms with Crippen molar-refractivity contribution < 1.29 is 0 Å². The highest BCUT2D eigenvalue weighted by Gasteiger charge is 2.17. The third-order valence-corrected chi connectivity index (χ3v) is 3.71. The number of hydrazine groups is 1. The van der Waals surface area contributed by atoms with E-state index in [2.05, 4.69) is 43.6 Å². The molecule has 4 N–H and O–H groups in total. The van der Waals surface area contributed by atoms with Crippen molar-refractivity contribution in [2.75, 3.05) is 20.6 Å². The van der Waals surface area contributed by atoms with Gasteiger partial charge in [-0.05, 0) is 32.9 Å². The van der Waals surface area contributed by atoms with Crippen LogP contribution >= 0.6 is 0 Å². The van der Waals surface area contributed by atoms with E-state index in [1.54, 1.807) is 0 Å². The molecule has 0 aromatic rings. The van der Waals surface area contributed by atoms with Crippen LogP contribution in [-0.4, -0.2) is 43.6 Å². The zero-order chi connectivity index (χ0) is 14.3. The highest BCUT2D eigenvalue weighted by Crippen LogP contribution is 2.20. The summed E-state index contributed by atoms with van der Waals surface area (Å²) in [7, 11) is 4.18. The van der Waals surface area contributed by atoms with Crippen molar-refractivity contribution >= 4 is 5.96 Å². The standard InChI is InChI=1S/C14H31N5/c1-11(2)13(10-19(3)4)17-14(18-15)16-12-8-6-5-7-9-12/h11-13H,5-10,15H2,1-4H3,(H2,16,17,18). The number of nitrogens with two attached hydrogens (primary N) is 1. The van der Waals surface area contributed by atoms with E-state index in [1.807, 2.05) is 0 Å². The molecule has 0 aromatic heterocycles. The van der Waals surface area contributed by atoms with Gasteiger partial charge in [0.25, 0.3) is 0 Å². The van der Waals surface area contributed by atoms with E-state index in [4.69, 9.17) is 10.8 Å². The molecule has 1 unspecified atom stereocenters. The van der Waals surface area contributed by atoms with E-state index in [9.17, 15) is 0 Å². The van der Waals surface area contributed by atoms with Crippen LogP contribution in [0.3, 0.4) is 0 Å². The van der Waals surface area contributed by atoms with Gasteiger partial charge in [0.15, 0.2) is 0 Å². The Morgan fingerprint density at radius 1 is 1.26 bits per heavy atom. The highest BCUT2D eigenvalue weighted by molar-refractivity contribution is 5.79. The topological polar surface area (TPSA) is 65.7 Å². The van der Waals surface area contributed by atoms with Gasteiger partial charge in [-0.2, -0.15) is 0 Å². The van der Waals surface area contributed by atoms with Crippen molar-refractivity contribution in [3.63, 3.8) is 0 Å². The molecule has 5 nitrogen and oxygen atoms in total. The third-order valence-electron chi connectivity index (χ3n) is 3.71. The third kappa shape index (κ3) is 6.25. The van der Waals surface area contributed by atoms with E-state index < -0.39 is 0 Å². The zero-order valence-electron chi connectivity index (χ0n) is 12.9. The second-order valence-corrected chi connectivity index (χ2v) is 6.17. The summed E-state index contributed by atoms with van der Waals surface area (Å²) >= 11 is 0. The van der Waals surface area contributed by atoms with Gasteiger partial charge in [0.2, 0.25) is 5.96 Å². The predicted molar refractivity (Wildman–Crippen MR) is 81.9 cm³/mol. The highest BCUT2D eigenvalue weighted by atomic mass is 15.3. The second kappa shape index (κ2) is 8.38. The lowest BCUT2D eigenvalue weighted by Gasteiger charge is -2.28. The first-order chi connectivity index (χ1) is 9.02. The zero-order valence-corrected chi connectivity index (χ0v) is 12.9. The molecule has 0 heterocycles. The quantitative estimate of drug-likeness (QED) is 0.305. The summed E-state index contributed by atoms with van der Waals surface area (Å²) in [6.45, 7) is 5.41. The van der Waals surface area contributed by atoms with Gasteiger partial charge in [-0.25, -0.2) is 10.8 Å². The molecule has 0 spiro atoms. The second-order valence-electron chi connectivity index (χ2n) is 6.17. The van der Waals surface area contributed by atoms with Crippen molar-refractivity contribution in [1.29, 1.82) is 0 Å². The minimum Gasteiger partial charge on any atom is -0.351 e. The number of rotatable bonds is 5. The van der Waals surface area contributed by atoms with Crippen LogP contribution in [0.5, 0.6) is 0 Å². The lowest BCUT2D eigenvalue weighted by molar-refractivity contribution is 0.310. The summed E-state index contributed by atoms with van der Waals surface area (Å²) < 4.78 is 0. The van der Waals surface area contributed by atoms with E-state index in [0.717, 1.165) is 12.5 Å². The van der Waals surface area contributed by atoms with Gasteiger partial charge in [-0.3, -0.25) is 5.43 Å². The summed E-state index contributed by atoms with van der Waals surface area (Å²) in [5, 5.41) is 3.45. The fourth-order valence-corrected chi connectivity index (χ4v) is 2.50. The molecule has 112 valence electrons. The normalized spacial score (nSPS) is 19.8. The Bertz CT molecular complexity index is 269. The lowest BCUT2D eigenvalue weighted by Crippen LogP contribution is -2.52. The lowest BCUT2D eigenvalue weighted by atomic mass is 9.96. The molecule has 19 heavy (non-hydrogen) atoms. The van der Waals surface area contributed by atoms with Crippen molar-refractivity contribution in [2.24, 2.45) is 16.8 Å². The maximum absolute atomic E-state index is 5.61. The summed E-state index contributed by atoms with van der Waals surface area (Å²) in [6.07, 6.45) is 6.30. The molecule has 1 saturated carbocycles. The van der Waals surface area contributed by atoms with Crippen LogP contribution in [0, 0.1) is 5.92 Å². The summed E-state index contributed by atoms with van der Waals surface area (Å²) in [5.41, 5.74) is 2.73. The summed E-state index contributed by atoms with van der Waals surface area (Å²) in [4.78, 5) is 6.92. The average molecular weight is 269 g/mol. The molecule has 5 heteroatoms. The fourth-order valence-electron chi connectivity index (χ4n) is 2.50. The fraction of sp³-hybridized carbons (Fsp3) is 0.929. The summed E-state index contributed by atoms with van der Waals surface area (Å²) in [5.74, 6) is 6.89. The Hall–Kier alpha value is -0.810. The van der Waals surface area contributed by atoms with Crippen LogP contribution < -0.4 is 16.6 Å². The predicted octanol–water partition coefficient (Wildman–Crippen LogP) is 1.31. The minimum absolute atomic E-state index is 0.355. The molecule has 1 rings (SSSR count). The number of aliphatic imine (C=N–C) groups is 1. The molecule has 1 fully saturated rings. The van der Waals surface area contributed by atoms with Crippen LogP contribution in [-0.2, 0) is 0 Å². The van der Waals surface area contributed by atoms with E-state index in [-0.39, 0.29) is 0 Å². The Morgan fingerprint density at radius 2 is 1.89 bits per heavy atom. The molecular weight excluding hydrogens is 238 g/mol. The maximum atomic E-state index is 5.61. The van der Waals surface area contributed by atoms with Gasteiger partial charge in [0, 0.05) is 12.6 Å². The number of likely N-dealkylation sites (N-methyl/N-ethyl adjacent to an activating group) is 1. The van der Waals surface area contributed by atoms with E-state index in [1.165, 1.54) is 32.1 Å². The number of hydrogen-bond acceptors (Lipinski definition) is 3. The molecule has 0 saturated heterocycles. The molecule has 1 atom stereocenters. The van der Waals surface area contributed by atoms with Gasteiger partial charge < -0.3 is 10.2 Å². The molecule has 1 aliphatic carbocycles. The first-order valence-corrected chi connectivity index (χ1v) is 7.48. The molecular formula is C14H31N5. The molecule has 0 amide bonds. The van der Waals surface area contributed by atoms with Gasteiger partial charge in [0.05, 0.1) is 6.04 Å². The molecule has 0 aliphatic heterocycles. The number of guanidine groups is 1. The summed E-state index contributed by atoms with van der Waals surface area (Å²) in [6, 6.07) is 0.785. The van der Waals surface area contributed by atoms with Crippen LogP contribution in [0.1, 0.15) is 46.0 Å². The van der Waals surface area contributed by atoms with Crippen LogP contribution in [0.15, 0.2) is 4.99 Å². The Balaban J connectivity index is 2.58. The molecule has 0 bridgehead atoms. The van der Waals surface area contributed by atoms with Crippen LogP contribution in [0.25, 0.3) is 0 Å². The number of nitrogens with zero attached hydrogens (tertiary/aromatic N) is 2. The van der Waals surface area contributed by atoms with Crippen molar-refractivity contribution in [2.45, 2.75) is 58.0 Å². The molecule has 0 aromatic carbocycles. The largest absolute Gasteiger partial charge is 0.351 e. The first-order valence-electron chi connectivity index (χ1n) is 7.48. The van der Waals surface area contributed by atoms with Crippen molar-refractivity contribution in [3.05, 3.63) is 0 Å². The van der Waals surface area contributed by atoms with Crippen LogP contribution in [0.4, 0.5) is 0 Å². The monoisotopic (exact) mass is 269 g/mol. The number of hydrogen-bond donors (Lipinski definition) is 3. The van der Waals surface area contributed by atoms with Gasteiger partial charge >= 0.3 is 0 Å². The van der Waals surface area contributed by atoms with E-state index >= 15 is 0 Å². The Morgan fingerprint density at radius 3 is 2.37 bits per heavy atom. The smallest absolute Gasteiger partial charge is 0.206 e.